The van der Waals surface area contributed by atoms with Crippen LogP contribution in [0.5, 0.6) is 0 Å². The summed E-state index contributed by atoms with van der Waals surface area (Å²) in [4.78, 5) is 36.8. The molecule has 138 valence electrons. The van der Waals surface area contributed by atoms with E-state index in [0.29, 0.717) is 5.56 Å². The molecule has 0 aliphatic carbocycles. The number of carbonyl (C=O) groups excluding carboxylic acids is 3. The van der Waals surface area contributed by atoms with E-state index in [2.05, 4.69) is 21.4 Å². The Labute approximate surface area is 154 Å². The first kappa shape index (κ1) is 20.8. The third-order valence-electron chi connectivity index (χ3n) is 3.37. The van der Waals surface area contributed by atoms with Crippen LogP contribution in [0, 0.1) is 0 Å². The van der Waals surface area contributed by atoms with Crippen molar-refractivity contribution in [3.05, 3.63) is 34.3 Å². The summed E-state index contributed by atoms with van der Waals surface area (Å²) in [6, 6.07) is 6.65. The van der Waals surface area contributed by atoms with E-state index in [1.54, 1.807) is 38.1 Å². The van der Waals surface area contributed by atoms with Crippen LogP contribution in [0.25, 0.3) is 0 Å². The summed E-state index contributed by atoms with van der Waals surface area (Å²) in [6.07, 6.45) is -1.82. The highest BCUT2D eigenvalue weighted by Gasteiger charge is 2.47. The van der Waals surface area contributed by atoms with Gasteiger partial charge in [-0.3, -0.25) is 0 Å². The molecular weight excluding hydrogens is 396 g/mol. The number of methoxy groups -OCH3 is 1. The minimum absolute atomic E-state index is 0.0530. The fraction of sp³-hybridized carbons (Fsp3) is 0.438. The van der Waals surface area contributed by atoms with Crippen LogP contribution in [-0.4, -0.2) is 43.5 Å². The molecule has 0 saturated carbocycles. The smallest absolute Gasteiger partial charge is 0.430 e. The van der Waals surface area contributed by atoms with Crippen molar-refractivity contribution >= 4 is 34.1 Å². The number of esters is 1. The van der Waals surface area contributed by atoms with Gasteiger partial charge in [0.2, 0.25) is 0 Å². The van der Waals surface area contributed by atoms with Crippen LogP contribution >= 0.6 is 15.9 Å². The van der Waals surface area contributed by atoms with Gasteiger partial charge in [0.05, 0.1) is 20.3 Å². The van der Waals surface area contributed by atoms with E-state index in [-0.39, 0.29) is 13.2 Å². The number of amides is 2. The van der Waals surface area contributed by atoms with E-state index in [9.17, 15) is 14.4 Å². The number of halogens is 1. The molecule has 0 aromatic heterocycles. The fourth-order valence-electron chi connectivity index (χ4n) is 2.09. The molecule has 2 amide bonds. The zero-order valence-electron chi connectivity index (χ0n) is 14.5. The van der Waals surface area contributed by atoms with Crippen LogP contribution in [0.4, 0.5) is 9.59 Å². The van der Waals surface area contributed by atoms with Gasteiger partial charge in [-0.05, 0) is 38.5 Å². The second-order valence-electron chi connectivity index (χ2n) is 4.94. The molecular formula is C16H21BrN2O6. The van der Waals surface area contributed by atoms with Gasteiger partial charge < -0.3 is 14.2 Å². The Bertz CT molecular complexity index is 622. The van der Waals surface area contributed by atoms with E-state index >= 15 is 0 Å². The SMILES string of the molecule is CCOC(=O)NN(C(=O)OCC)[C@@](C)(C(=O)OC)c1ccc(Br)cc1. The molecule has 25 heavy (non-hydrogen) atoms. The lowest BCUT2D eigenvalue weighted by atomic mass is 9.91. The number of nitrogens with zero attached hydrogens (tertiary/aromatic N) is 1. The lowest BCUT2D eigenvalue weighted by Crippen LogP contribution is -2.60. The summed E-state index contributed by atoms with van der Waals surface area (Å²) < 4.78 is 15.4. The predicted octanol–water partition coefficient (Wildman–Crippen LogP) is 2.96. The van der Waals surface area contributed by atoms with Crippen molar-refractivity contribution in [1.82, 2.24) is 10.4 Å². The molecule has 0 radical (unpaired) electrons. The van der Waals surface area contributed by atoms with Crippen LogP contribution < -0.4 is 5.43 Å². The summed E-state index contributed by atoms with van der Waals surface area (Å²) in [5.41, 5.74) is 0.994. The lowest BCUT2D eigenvalue weighted by Gasteiger charge is -2.37. The number of hydrogen-bond donors (Lipinski definition) is 1. The maximum Gasteiger partial charge on any atom is 0.430 e. The van der Waals surface area contributed by atoms with Gasteiger partial charge in [-0.25, -0.2) is 19.8 Å². The Balaban J connectivity index is 3.41. The van der Waals surface area contributed by atoms with Gasteiger partial charge in [0, 0.05) is 4.47 Å². The van der Waals surface area contributed by atoms with E-state index in [1.165, 1.54) is 14.0 Å². The maximum absolute atomic E-state index is 12.5. The first-order valence-corrected chi connectivity index (χ1v) is 8.35. The zero-order valence-corrected chi connectivity index (χ0v) is 16.1. The second-order valence-corrected chi connectivity index (χ2v) is 5.85. The third kappa shape index (κ3) is 4.85. The number of hydrazine groups is 1. The maximum atomic E-state index is 12.5. The number of carbonyl (C=O) groups is 3. The summed E-state index contributed by atoms with van der Waals surface area (Å²) in [5, 5.41) is 0.767. The number of rotatable bonds is 5. The molecule has 0 heterocycles. The fourth-order valence-corrected chi connectivity index (χ4v) is 2.36. The van der Waals surface area contributed by atoms with Gasteiger partial charge >= 0.3 is 18.2 Å². The van der Waals surface area contributed by atoms with Crippen molar-refractivity contribution in [3.63, 3.8) is 0 Å². The minimum atomic E-state index is -1.67. The molecule has 0 spiro atoms. The van der Waals surface area contributed by atoms with Crippen molar-refractivity contribution in [3.8, 4) is 0 Å². The van der Waals surface area contributed by atoms with Crippen molar-refractivity contribution in [2.45, 2.75) is 26.3 Å². The molecule has 1 aromatic rings. The predicted molar refractivity (Wildman–Crippen MR) is 92.5 cm³/mol. The van der Waals surface area contributed by atoms with Crippen LogP contribution in [0.2, 0.25) is 0 Å². The Morgan fingerprint density at radius 2 is 1.68 bits per heavy atom. The van der Waals surface area contributed by atoms with Gasteiger partial charge in [-0.15, -0.1) is 0 Å². The number of ether oxygens (including phenoxy) is 3. The molecule has 0 bridgehead atoms. The summed E-state index contributed by atoms with van der Waals surface area (Å²) in [5.74, 6) is -0.764. The number of benzene rings is 1. The van der Waals surface area contributed by atoms with Crippen LogP contribution in [0.15, 0.2) is 28.7 Å². The average Bonchev–Trinajstić information content (AvgIpc) is 2.59. The van der Waals surface area contributed by atoms with E-state index < -0.39 is 23.7 Å². The summed E-state index contributed by atoms with van der Waals surface area (Å²) >= 11 is 3.31. The highest BCUT2D eigenvalue weighted by atomic mass is 79.9. The Hall–Kier alpha value is -2.29. The van der Waals surface area contributed by atoms with Crippen molar-refractivity contribution in [1.29, 1.82) is 0 Å². The summed E-state index contributed by atoms with van der Waals surface area (Å²) in [7, 11) is 1.19. The molecule has 8 nitrogen and oxygen atoms in total. The second kappa shape index (κ2) is 9.26. The van der Waals surface area contributed by atoms with Gasteiger partial charge in [0.25, 0.3) is 0 Å². The van der Waals surface area contributed by atoms with Crippen molar-refractivity contribution in [2.75, 3.05) is 20.3 Å². The van der Waals surface area contributed by atoms with Gasteiger partial charge in [0.15, 0.2) is 5.54 Å². The first-order chi connectivity index (χ1) is 11.8. The average molecular weight is 417 g/mol. The van der Waals surface area contributed by atoms with Crippen molar-refractivity contribution in [2.24, 2.45) is 0 Å². The molecule has 9 heteroatoms. The minimum Gasteiger partial charge on any atom is -0.467 e. The van der Waals surface area contributed by atoms with Crippen LogP contribution in [0.3, 0.4) is 0 Å². The molecule has 0 fully saturated rings. The van der Waals surface area contributed by atoms with E-state index in [0.717, 1.165) is 9.48 Å². The molecule has 1 aromatic carbocycles. The Kier molecular flexibility index (Phi) is 7.69. The molecule has 1 rings (SSSR count). The largest absolute Gasteiger partial charge is 0.467 e. The Morgan fingerprint density at radius 1 is 1.12 bits per heavy atom. The molecule has 0 aliphatic heterocycles. The molecule has 0 aliphatic rings. The highest BCUT2D eigenvalue weighted by molar-refractivity contribution is 9.10. The van der Waals surface area contributed by atoms with Gasteiger partial charge in [-0.1, -0.05) is 28.1 Å². The lowest BCUT2D eigenvalue weighted by molar-refractivity contribution is -0.155. The van der Waals surface area contributed by atoms with Gasteiger partial charge in [-0.2, -0.15) is 5.01 Å². The van der Waals surface area contributed by atoms with E-state index in [4.69, 9.17) is 14.2 Å². The number of nitrogens with one attached hydrogen (secondary N) is 1. The van der Waals surface area contributed by atoms with Crippen molar-refractivity contribution < 1.29 is 28.6 Å². The first-order valence-electron chi connectivity index (χ1n) is 7.56. The molecule has 0 saturated heterocycles. The summed E-state index contributed by atoms with van der Waals surface area (Å²) in [6.45, 7) is 4.80. The quantitative estimate of drug-likeness (QED) is 0.450. The number of hydrogen-bond acceptors (Lipinski definition) is 6. The van der Waals surface area contributed by atoms with Crippen LogP contribution in [0.1, 0.15) is 26.3 Å². The third-order valence-corrected chi connectivity index (χ3v) is 3.89. The highest BCUT2D eigenvalue weighted by Crippen LogP contribution is 2.30. The Morgan fingerprint density at radius 3 is 2.16 bits per heavy atom. The molecule has 1 atom stereocenters. The standard InChI is InChI=1S/C16H21BrN2O6/c1-5-24-14(21)18-19(15(22)25-6-2)16(3,13(20)23-4)11-7-9-12(17)10-8-11/h7-10H,5-6H2,1-4H3,(H,18,21)/t16-/m1/s1. The topological polar surface area (TPSA) is 94.2 Å². The molecule has 1 N–H and O–H groups in total. The van der Waals surface area contributed by atoms with E-state index in [1.807, 2.05) is 0 Å². The monoisotopic (exact) mass is 416 g/mol. The van der Waals surface area contributed by atoms with Crippen LogP contribution in [-0.2, 0) is 24.5 Å². The molecule has 0 unspecified atom stereocenters. The zero-order chi connectivity index (χ0) is 19.0. The normalized spacial score (nSPS) is 12.5. The van der Waals surface area contributed by atoms with Gasteiger partial charge in [0.1, 0.15) is 0 Å².